The van der Waals surface area contributed by atoms with Crippen LogP contribution < -0.4 is 0 Å². The monoisotopic (exact) mass is 298 g/mol. The van der Waals surface area contributed by atoms with Crippen molar-refractivity contribution < 1.29 is 37.3 Å². The minimum Gasteiger partial charge on any atom is -0.481 e. The standard InChI is InChI=1S/C10H16O4.H2O4S/c1-9(2)6(7(11)12)4-5-10(9,3)8(13)14;1-5(2,3)4/h6H,4-5H2,1-3H3,(H,11,12)(H,13,14);(H2,1,2,3,4). The predicted molar refractivity (Wildman–Crippen MR) is 64.1 cm³/mol. The Morgan fingerprint density at radius 1 is 1.11 bits per heavy atom. The topological polar surface area (TPSA) is 149 Å². The summed E-state index contributed by atoms with van der Waals surface area (Å²) in [5, 5.41) is 18.1. The summed E-state index contributed by atoms with van der Waals surface area (Å²) in [6.07, 6.45) is 0.886. The van der Waals surface area contributed by atoms with Gasteiger partial charge in [0.2, 0.25) is 0 Å². The second-order valence-corrected chi connectivity index (χ2v) is 6.13. The fourth-order valence-corrected chi connectivity index (χ4v) is 2.32. The Morgan fingerprint density at radius 3 is 1.63 bits per heavy atom. The maximum atomic E-state index is 11.1. The second kappa shape index (κ2) is 5.43. The maximum Gasteiger partial charge on any atom is 0.394 e. The predicted octanol–water partition coefficient (Wildman–Crippen LogP) is 0.945. The molecular formula is C10H18O8S. The molecule has 0 spiro atoms. The van der Waals surface area contributed by atoms with Crippen LogP contribution in [0.25, 0.3) is 0 Å². The summed E-state index contributed by atoms with van der Waals surface area (Å²) in [6, 6.07) is 0. The summed E-state index contributed by atoms with van der Waals surface area (Å²) in [5.41, 5.74) is -1.61. The number of rotatable bonds is 2. The van der Waals surface area contributed by atoms with Gasteiger partial charge in [0, 0.05) is 0 Å². The largest absolute Gasteiger partial charge is 0.481 e. The van der Waals surface area contributed by atoms with Crippen LogP contribution >= 0.6 is 0 Å². The Morgan fingerprint density at radius 2 is 1.47 bits per heavy atom. The third-order valence-electron chi connectivity index (χ3n) is 4.00. The van der Waals surface area contributed by atoms with E-state index >= 15 is 0 Å². The first-order chi connectivity index (χ1) is 8.23. The van der Waals surface area contributed by atoms with Crippen LogP contribution in [0.4, 0.5) is 0 Å². The normalized spacial score (nSPS) is 29.2. The lowest BCUT2D eigenvalue weighted by atomic mass is 9.66. The average Bonchev–Trinajstić information content (AvgIpc) is 2.36. The lowest BCUT2D eigenvalue weighted by molar-refractivity contribution is -0.157. The molecule has 0 amide bonds. The summed E-state index contributed by atoms with van der Waals surface area (Å²) < 4.78 is 31.6. The number of hydrogen-bond donors (Lipinski definition) is 4. The zero-order chi connectivity index (χ0) is 15.6. The van der Waals surface area contributed by atoms with Crippen LogP contribution in [0.5, 0.6) is 0 Å². The third-order valence-corrected chi connectivity index (χ3v) is 4.00. The minimum absolute atomic E-state index is 0.437. The molecule has 2 atom stereocenters. The van der Waals surface area contributed by atoms with Crippen LogP contribution in [0.3, 0.4) is 0 Å². The summed E-state index contributed by atoms with van der Waals surface area (Å²) in [5.74, 6) is -2.34. The van der Waals surface area contributed by atoms with Gasteiger partial charge in [-0.2, -0.15) is 8.42 Å². The SMILES string of the molecule is CC1(C(=O)O)CCC(C(=O)O)C1(C)C.O=S(=O)(O)O. The van der Waals surface area contributed by atoms with E-state index in [1.165, 1.54) is 0 Å². The van der Waals surface area contributed by atoms with Crippen molar-refractivity contribution in [3.8, 4) is 0 Å². The van der Waals surface area contributed by atoms with E-state index in [2.05, 4.69) is 0 Å². The molecule has 1 aliphatic rings. The molecule has 1 rings (SSSR count). The molecular weight excluding hydrogens is 280 g/mol. The summed E-state index contributed by atoms with van der Waals surface area (Å²) >= 11 is 0. The van der Waals surface area contributed by atoms with Crippen molar-refractivity contribution >= 4 is 22.3 Å². The lowest BCUT2D eigenvalue weighted by Gasteiger charge is -2.36. The van der Waals surface area contributed by atoms with Gasteiger partial charge in [-0.05, 0) is 25.2 Å². The van der Waals surface area contributed by atoms with Gasteiger partial charge in [0.1, 0.15) is 0 Å². The maximum absolute atomic E-state index is 11.1. The molecule has 8 nitrogen and oxygen atoms in total. The van der Waals surface area contributed by atoms with E-state index in [9.17, 15) is 9.59 Å². The molecule has 0 aromatic rings. The number of carboxylic acids is 2. The van der Waals surface area contributed by atoms with Crippen molar-refractivity contribution in [2.45, 2.75) is 33.6 Å². The van der Waals surface area contributed by atoms with Crippen LogP contribution in [0, 0.1) is 16.7 Å². The molecule has 4 N–H and O–H groups in total. The zero-order valence-electron chi connectivity index (χ0n) is 10.8. The van der Waals surface area contributed by atoms with E-state index in [0.29, 0.717) is 12.8 Å². The number of hydrogen-bond acceptors (Lipinski definition) is 4. The number of carbonyl (C=O) groups is 2. The molecule has 0 saturated heterocycles. The Hall–Kier alpha value is -1.19. The van der Waals surface area contributed by atoms with Gasteiger partial charge >= 0.3 is 22.3 Å². The van der Waals surface area contributed by atoms with Gasteiger partial charge in [-0.25, -0.2) is 0 Å². The van der Waals surface area contributed by atoms with E-state index in [1.54, 1.807) is 20.8 Å². The molecule has 0 radical (unpaired) electrons. The first-order valence-electron chi connectivity index (χ1n) is 5.39. The highest BCUT2D eigenvalue weighted by Crippen LogP contribution is 2.56. The summed E-state index contributed by atoms with van der Waals surface area (Å²) in [7, 11) is -4.67. The highest BCUT2D eigenvalue weighted by atomic mass is 32.3. The van der Waals surface area contributed by atoms with Gasteiger partial charge in [0.25, 0.3) is 0 Å². The zero-order valence-corrected chi connectivity index (χ0v) is 11.6. The van der Waals surface area contributed by atoms with E-state index in [1.807, 2.05) is 0 Å². The lowest BCUT2D eigenvalue weighted by Crippen LogP contribution is -2.42. The molecule has 112 valence electrons. The molecule has 0 aliphatic heterocycles. The van der Waals surface area contributed by atoms with E-state index in [4.69, 9.17) is 27.7 Å². The summed E-state index contributed by atoms with van der Waals surface area (Å²) in [6.45, 7) is 5.10. The van der Waals surface area contributed by atoms with E-state index in [0.717, 1.165) is 0 Å². The number of carboxylic acid groups (broad SMARTS) is 2. The molecule has 0 bridgehead atoms. The molecule has 9 heteroatoms. The average molecular weight is 298 g/mol. The van der Waals surface area contributed by atoms with Gasteiger partial charge in [-0.3, -0.25) is 18.7 Å². The second-order valence-electron chi connectivity index (χ2n) is 5.24. The molecule has 1 fully saturated rings. The van der Waals surface area contributed by atoms with Gasteiger partial charge in [0.15, 0.2) is 0 Å². The van der Waals surface area contributed by atoms with Crippen molar-refractivity contribution in [1.82, 2.24) is 0 Å². The van der Waals surface area contributed by atoms with E-state index < -0.39 is 39.1 Å². The fourth-order valence-electron chi connectivity index (χ4n) is 2.32. The molecule has 0 heterocycles. The van der Waals surface area contributed by atoms with E-state index in [-0.39, 0.29) is 0 Å². The Kier molecular flexibility index (Phi) is 5.09. The quantitative estimate of drug-likeness (QED) is 0.550. The molecule has 0 aromatic heterocycles. The highest BCUT2D eigenvalue weighted by Gasteiger charge is 2.58. The van der Waals surface area contributed by atoms with Crippen molar-refractivity contribution in [2.75, 3.05) is 0 Å². The summed E-state index contributed by atoms with van der Waals surface area (Å²) in [4.78, 5) is 22.0. The van der Waals surface area contributed by atoms with Crippen LogP contribution in [-0.4, -0.2) is 39.7 Å². The first kappa shape index (κ1) is 17.8. The van der Waals surface area contributed by atoms with Gasteiger partial charge < -0.3 is 10.2 Å². The molecule has 2 unspecified atom stereocenters. The van der Waals surface area contributed by atoms with Crippen molar-refractivity contribution in [2.24, 2.45) is 16.7 Å². The number of aliphatic carboxylic acids is 2. The van der Waals surface area contributed by atoms with Crippen molar-refractivity contribution in [1.29, 1.82) is 0 Å². The Labute approximate surface area is 111 Å². The van der Waals surface area contributed by atoms with Gasteiger partial charge in [-0.15, -0.1) is 0 Å². The first-order valence-corrected chi connectivity index (χ1v) is 6.79. The Bertz CT molecular complexity index is 458. The molecule has 1 aliphatic carbocycles. The van der Waals surface area contributed by atoms with Crippen molar-refractivity contribution in [3.05, 3.63) is 0 Å². The van der Waals surface area contributed by atoms with Crippen molar-refractivity contribution in [3.63, 3.8) is 0 Å². The minimum atomic E-state index is -4.67. The van der Waals surface area contributed by atoms with Gasteiger partial charge in [-0.1, -0.05) is 13.8 Å². The molecule has 0 aromatic carbocycles. The highest BCUT2D eigenvalue weighted by molar-refractivity contribution is 7.79. The van der Waals surface area contributed by atoms with Gasteiger partial charge in [0.05, 0.1) is 11.3 Å². The smallest absolute Gasteiger partial charge is 0.394 e. The third kappa shape index (κ3) is 4.15. The van der Waals surface area contributed by atoms with Crippen LogP contribution in [-0.2, 0) is 20.0 Å². The van der Waals surface area contributed by atoms with Crippen LogP contribution in [0.1, 0.15) is 33.6 Å². The Balaban J connectivity index is 0.000000555. The van der Waals surface area contributed by atoms with Crippen LogP contribution in [0.15, 0.2) is 0 Å². The molecule has 1 saturated carbocycles. The fraction of sp³-hybridized carbons (Fsp3) is 0.800. The van der Waals surface area contributed by atoms with Crippen LogP contribution in [0.2, 0.25) is 0 Å². The molecule has 19 heavy (non-hydrogen) atoms.